The summed E-state index contributed by atoms with van der Waals surface area (Å²) in [6.07, 6.45) is 0. The predicted molar refractivity (Wildman–Crippen MR) is 107 cm³/mol. The molecule has 0 aliphatic carbocycles. The summed E-state index contributed by atoms with van der Waals surface area (Å²) in [6, 6.07) is 19.0. The van der Waals surface area contributed by atoms with Gasteiger partial charge in [0.15, 0.2) is 0 Å². The van der Waals surface area contributed by atoms with Crippen molar-refractivity contribution in [2.75, 3.05) is 10.6 Å². The fourth-order valence-corrected chi connectivity index (χ4v) is 2.65. The number of rotatable bonds is 5. The summed E-state index contributed by atoms with van der Waals surface area (Å²) < 4.78 is 0. The molecule has 8 heteroatoms. The summed E-state index contributed by atoms with van der Waals surface area (Å²) in [7, 11) is 0. The Morgan fingerprint density at radius 2 is 1.39 bits per heavy atom. The lowest BCUT2D eigenvalue weighted by molar-refractivity contribution is -0.384. The third-order valence-corrected chi connectivity index (χ3v) is 4.14. The van der Waals surface area contributed by atoms with Gasteiger partial charge in [0.05, 0.1) is 4.92 Å². The van der Waals surface area contributed by atoms with Gasteiger partial charge in [0.1, 0.15) is 5.02 Å². The highest BCUT2D eigenvalue weighted by molar-refractivity contribution is 6.32. The molecule has 0 spiro atoms. The zero-order valence-corrected chi connectivity index (χ0v) is 15.1. The molecule has 0 atom stereocenters. The first-order chi connectivity index (χ1) is 13.4. The van der Waals surface area contributed by atoms with Crippen molar-refractivity contribution in [1.82, 2.24) is 0 Å². The molecule has 0 unspecified atom stereocenters. The van der Waals surface area contributed by atoms with Crippen LogP contribution in [0, 0.1) is 10.1 Å². The van der Waals surface area contributed by atoms with E-state index in [-0.39, 0.29) is 27.9 Å². The van der Waals surface area contributed by atoms with Crippen molar-refractivity contribution < 1.29 is 14.5 Å². The van der Waals surface area contributed by atoms with E-state index in [0.717, 1.165) is 0 Å². The molecule has 0 heterocycles. The summed E-state index contributed by atoms with van der Waals surface area (Å²) in [5.41, 5.74) is 1.15. The summed E-state index contributed by atoms with van der Waals surface area (Å²) in [5, 5.41) is 16.2. The fourth-order valence-electron chi connectivity index (χ4n) is 2.46. The maximum Gasteiger partial charge on any atom is 0.289 e. The second-order valence-corrected chi connectivity index (χ2v) is 6.19. The smallest absolute Gasteiger partial charge is 0.289 e. The van der Waals surface area contributed by atoms with Gasteiger partial charge in [0.25, 0.3) is 17.5 Å². The van der Waals surface area contributed by atoms with E-state index in [2.05, 4.69) is 10.6 Å². The molecule has 3 aromatic rings. The Hall–Kier alpha value is -3.71. The molecular weight excluding hydrogens is 382 g/mol. The van der Waals surface area contributed by atoms with Crippen LogP contribution in [0.4, 0.5) is 17.1 Å². The lowest BCUT2D eigenvalue weighted by atomic mass is 10.1. The van der Waals surface area contributed by atoms with E-state index in [1.807, 2.05) is 6.07 Å². The molecule has 0 radical (unpaired) electrons. The zero-order chi connectivity index (χ0) is 20.1. The number of hydrogen-bond donors (Lipinski definition) is 2. The highest BCUT2D eigenvalue weighted by Crippen LogP contribution is 2.27. The normalized spacial score (nSPS) is 10.2. The molecule has 3 rings (SSSR count). The van der Waals surface area contributed by atoms with Crippen molar-refractivity contribution in [3.05, 3.63) is 99.1 Å². The quantitative estimate of drug-likeness (QED) is 0.480. The molecule has 7 nitrogen and oxygen atoms in total. The maximum absolute atomic E-state index is 12.5. The summed E-state index contributed by atoms with van der Waals surface area (Å²) in [6.45, 7) is 0. The number of carbonyl (C=O) groups is 2. The minimum atomic E-state index is -0.627. The minimum Gasteiger partial charge on any atom is -0.322 e. The van der Waals surface area contributed by atoms with Crippen molar-refractivity contribution in [2.45, 2.75) is 0 Å². The minimum absolute atomic E-state index is 0.0198. The monoisotopic (exact) mass is 395 g/mol. The van der Waals surface area contributed by atoms with E-state index in [0.29, 0.717) is 11.3 Å². The van der Waals surface area contributed by atoms with Gasteiger partial charge in [-0.05, 0) is 42.5 Å². The second kappa shape index (κ2) is 8.32. The molecule has 0 aliphatic rings. The standard InChI is InChI=1S/C20H14ClN3O4/c21-17-10-9-16(12-18(17)24(27)28)23-20(26)14-7-4-8-15(11-14)22-19(25)13-5-2-1-3-6-13/h1-12H,(H,22,25)(H,23,26). The summed E-state index contributed by atoms with van der Waals surface area (Å²) in [5.74, 6) is -0.779. The van der Waals surface area contributed by atoms with E-state index in [9.17, 15) is 19.7 Å². The Morgan fingerprint density at radius 1 is 0.786 bits per heavy atom. The van der Waals surface area contributed by atoms with Crippen LogP contribution in [-0.2, 0) is 0 Å². The van der Waals surface area contributed by atoms with Crippen LogP contribution in [0.2, 0.25) is 5.02 Å². The molecule has 0 aliphatic heterocycles. The largest absolute Gasteiger partial charge is 0.322 e. The molecule has 0 fully saturated rings. The molecule has 0 bridgehead atoms. The molecule has 0 aromatic heterocycles. The highest BCUT2D eigenvalue weighted by Gasteiger charge is 2.15. The van der Waals surface area contributed by atoms with Crippen LogP contribution in [0.5, 0.6) is 0 Å². The van der Waals surface area contributed by atoms with E-state index in [1.54, 1.807) is 42.5 Å². The molecule has 3 aromatic carbocycles. The Bertz CT molecular complexity index is 1050. The van der Waals surface area contributed by atoms with Crippen molar-refractivity contribution in [3.63, 3.8) is 0 Å². The number of carbonyl (C=O) groups excluding carboxylic acids is 2. The highest BCUT2D eigenvalue weighted by atomic mass is 35.5. The van der Waals surface area contributed by atoms with Crippen molar-refractivity contribution >= 4 is 40.5 Å². The zero-order valence-electron chi connectivity index (χ0n) is 14.4. The van der Waals surface area contributed by atoms with Gasteiger partial charge in [0.2, 0.25) is 0 Å². The lowest BCUT2D eigenvalue weighted by Crippen LogP contribution is -2.14. The first-order valence-electron chi connectivity index (χ1n) is 8.16. The molecule has 140 valence electrons. The van der Waals surface area contributed by atoms with Gasteiger partial charge in [-0.3, -0.25) is 19.7 Å². The SMILES string of the molecule is O=C(Nc1cccc(C(=O)Nc2ccc(Cl)c([N+](=O)[O-])c2)c1)c1ccccc1. The second-order valence-electron chi connectivity index (χ2n) is 5.78. The number of hydrogen-bond acceptors (Lipinski definition) is 4. The van der Waals surface area contributed by atoms with Gasteiger partial charge in [-0.2, -0.15) is 0 Å². The number of nitrogens with zero attached hydrogens (tertiary/aromatic N) is 1. The van der Waals surface area contributed by atoms with Gasteiger partial charge < -0.3 is 10.6 Å². The van der Waals surface area contributed by atoms with Crippen molar-refractivity contribution in [3.8, 4) is 0 Å². The molecular formula is C20H14ClN3O4. The van der Waals surface area contributed by atoms with Crippen LogP contribution in [0.3, 0.4) is 0 Å². The molecule has 2 amide bonds. The fraction of sp³-hybridized carbons (Fsp3) is 0. The topological polar surface area (TPSA) is 101 Å². The van der Waals surface area contributed by atoms with Crippen LogP contribution in [-0.4, -0.2) is 16.7 Å². The number of nitro benzene ring substituents is 1. The van der Waals surface area contributed by atoms with Crippen LogP contribution in [0.1, 0.15) is 20.7 Å². The van der Waals surface area contributed by atoms with Crippen LogP contribution in [0.15, 0.2) is 72.8 Å². The first-order valence-corrected chi connectivity index (χ1v) is 8.53. The first kappa shape index (κ1) is 19.1. The van der Waals surface area contributed by atoms with Gasteiger partial charge in [-0.15, -0.1) is 0 Å². The molecule has 0 saturated heterocycles. The van der Waals surface area contributed by atoms with Gasteiger partial charge in [0, 0.05) is 28.6 Å². The van der Waals surface area contributed by atoms with Crippen LogP contribution < -0.4 is 10.6 Å². The third kappa shape index (κ3) is 4.52. The number of halogens is 1. The summed E-state index contributed by atoms with van der Waals surface area (Å²) in [4.78, 5) is 35.0. The van der Waals surface area contributed by atoms with Crippen LogP contribution in [0.25, 0.3) is 0 Å². The average Bonchev–Trinajstić information content (AvgIpc) is 2.70. The van der Waals surface area contributed by atoms with E-state index in [4.69, 9.17) is 11.6 Å². The third-order valence-electron chi connectivity index (χ3n) is 3.82. The number of anilines is 2. The maximum atomic E-state index is 12.5. The van der Waals surface area contributed by atoms with Crippen molar-refractivity contribution in [1.29, 1.82) is 0 Å². The number of amides is 2. The Labute approximate surface area is 165 Å². The van der Waals surface area contributed by atoms with E-state index >= 15 is 0 Å². The Morgan fingerprint density at radius 3 is 2.07 bits per heavy atom. The van der Waals surface area contributed by atoms with Gasteiger partial charge in [-0.25, -0.2) is 0 Å². The number of nitro groups is 1. The molecule has 2 N–H and O–H groups in total. The van der Waals surface area contributed by atoms with Gasteiger partial charge in [-0.1, -0.05) is 35.9 Å². The predicted octanol–water partition coefficient (Wildman–Crippen LogP) is 4.75. The summed E-state index contributed by atoms with van der Waals surface area (Å²) >= 11 is 5.77. The Balaban J connectivity index is 1.75. The Kier molecular flexibility index (Phi) is 5.67. The van der Waals surface area contributed by atoms with E-state index < -0.39 is 10.8 Å². The average molecular weight is 396 g/mol. The number of nitrogens with one attached hydrogen (secondary N) is 2. The number of benzene rings is 3. The molecule has 28 heavy (non-hydrogen) atoms. The van der Waals surface area contributed by atoms with Crippen molar-refractivity contribution in [2.24, 2.45) is 0 Å². The van der Waals surface area contributed by atoms with Gasteiger partial charge >= 0.3 is 0 Å². The van der Waals surface area contributed by atoms with Crippen LogP contribution >= 0.6 is 11.6 Å². The lowest BCUT2D eigenvalue weighted by Gasteiger charge is -2.09. The molecule has 0 saturated carbocycles. The van der Waals surface area contributed by atoms with E-state index in [1.165, 1.54) is 24.3 Å².